The molecule has 1 aromatic rings. The minimum atomic E-state index is 0.968. The zero-order valence-corrected chi connectivity index (χ0v) is 10.7. The highest BCUT2D eigenvalue weighted by molar-refractivity contribution is 4.94. The molecule has 0 bridgehead atoms. The number of unbranched alkanes of at least 4 members (excludes halogenated alkanes) is 4. The average molecular weight is 222 g/mol. The van der Waals surface area contributed by atoms with E-state index in [4.69, 9.17) is 0 Å². The van der Waals surface area contributed by atoms with E-state index in [2.05, 4.69) is 31.0 Å². The molecule has 16 heavy (non-hydrogen) atoms. The van der Waals surface area contributed by atoms with Gasteiger partial charge in [0, 0.05) is 12.8 Å². The lowest BCUT2D eigenvalue weighted by Crippen LogP contribution is -1.97. The maximum absolute atomic E-state index is 4.54. The highest BCUT2D eigenvalue weighted by Gasteiger charge is 2.06. The summed E-state index contributed by atoms with van der Waals surface area (Å²) in [7, 11) is 3.89. The molecule has 0 amide bonds. The molecule has 0 N–H and O–H groups in total. The van der Waals surface area contributed by atoms with E-state index in [0.717, 1.165) is 24.5 Å². The predicted octanol–water partition coefficient (Wildman–Crippen LogP) is 3.38. The van der Waals surface area contributed by atoms with E-state index in [1.807, 2.05) is 0 Å². The van der Waals surface area contributed by atoms with Crippen LogP contribution in [-0.2, 0) is 12.8 Å². The topological polar surface area (TPSA) is 30.7 Å². The van der Waals surface area contributed by atoms with E-state index >= 15 is 0 Å². The Morgan fingerprint density at radius 1 is 1.00 bits per heavy atom. The summed E-state index contributed by atoms with van der Waals surface area (Å²) in [6.07, 6.45) is 9.40. The van der Waals surface area contributed by atoms with Gasteiger partial charge >= 0.3 is 0 Å². The lowest BCUT2D eigenvalue weighted by atomic mass is 10.2. The summed E-state index contributed by atoms with van der Waals surface area (Å²) < 4.78 is 1.71. The number of nitrogens with zero attached hydrogens (tertiary/aromatic N) is 3. The van der Waals surface area contributed by atoms with Crippen molar-refractivity contribution < 1.29 is 0 Å². The van der Waals surface area contributed by atoms with Crippen molar-refractivity contribution in [1.82, 2.24) is 14.8 Å². The Balaban J connectivity index is 2.39. The van der Waals surface area contributed by atoms with Crippen molar-refractivity contribution in [1.29, 1.82) is 0 Å². The summed E-state index contributed by atoms with van der Waals surface area (Å²) in [5.74, 6) is 2.01. The second-order valence-electron chi connectivity index (χ2n) is 4.36. The molecule has 1 radical (unpaired) electrons. The molecule has 0 unspecified atom stereocenters. The normalized spacial score (nSPS) is 10.9. The number of aryl methyl sites for hydroxylation is 2. The van der Waals surface area contributed by atoms with Crippen molar-refractivity contribution in [3.8, 4) is 0 Å². The molecular formula is C13H24N3. The first-order valence-corrected chi connectivity index (χ1v) is 6.53. The Morgan fingerprint density at radius 3 is 2.25 bits per heavy atom. The van der Waals surface area contributed by atoms with Crippen LogP contribution < -0.4 is 0 Å². The zero-order chi connectivity index (χ0) is 11.8. The minimum absolute atomic E-state index is 0.968. The van der Waals surface area contributed by atoms with Gasteiger partial charge in [0.25, 0.3) is 0 Å². The maximum atomic E-state index is 4.54. The number of rotatable bonds is 8. The van der Waals surface area contributed by atoms with Crippen molar-refractivity contribution in [2.75, 3.05) is 0 Å². The van der Waals surface area contributed by atoms with Crippen LogP contribution in [0.25, 0.3) is 0 Å². The Hall–Kier alpha value is -0.860. The van der Waals surface area contributed by atoms with E-state index in [9.17, 15) is 0 Å². The Morgan fingerprint density at radius 2 is 1.62 bits per heavy atom. The van der Waals surface area contributed by atoms with Crippen LogP contribution in [0, 0.1) is 7.05 Å². The van der Waals surface area contributed by atoms with Crippen LogP contribution in [0.4, 0.5) is 0 Å². The molecule has 0 fully saturated rings. The first-order chi connectivity index (χ1) is 7.77. The molecule has 91 valence electrons. The molecule has 0 aliphatic heterocycles. The lowest BCUT2D eigenvalue weighted by Gasteiger charge is -1.97. The second kappa shape index (κ2) is 7.42. The first kappa shape index (κ1) is 13.2. The summed E-state index contributed by atoms with van der Waals surface area (Å²) >= 11 is 0. The van der Waals surface area contributed by atoms with Crippen molar-refractivity contribution >= 4 is 0 Å². The molecule has 0 aromatic carbocycles. The standard InChI is InChI=1S/C13H24N3/c1-4-6-8-10-12-14-13(16(3)15-12)11-9-7-5-2/h3-11H2,1-2H3. The third-order valence-corrected chi connectivity index (χ3v) is 2.80. The van der Waals surface area contributed by atoms with Gasteiger partial charge < -0.3 is 0 Å². The van der Waals surface area contributed by atoms with Crippen molar-refractivity contribution in [3.63, 3.8) is 0 Å². The fourth-order valence-corrected chi connectivity index (χ4v) is 1.78. The van der Waals surface area contributed by atoms with Crippen LogP contribution in [0.3, 0.4) is 0 Å². The van der Waals surface area contributed by atoms with Crippen LogP contribution in [0.15, 0.2) is 0 Å². The average Bonchev–Trinajstić information content (AvgIpc) is 2.61. The molecule has 1 aromatic heterocycles. The quantitative estimate of drug-likeness (QED) is 0.631. The monoisotopic (exact) mass is 222 g/mol. The smallest absolute Gasteiger partial charge is 0.150 e. The van der Waals surface area contributed by atoms with E-state index in [1.54, 1.807) is 4.68 Å². The highest BCUT2D eigenvalue weighted by atomic mass is 15.3. The van der Waals surface area contributed by atoms with Crippen molar-refractivity contribution in [2.24, 2.45) is 0 Å². The molecule has 0 saturated carbocycles. The Kier molecular flexibility index (Phi) is 6.12. The molecule has 0 spiro atoms. The number of aromatic nitrogens is 3. The molecule has 3 heteroatoms. The van der Waals surface area contributed by atoms with Gasteiger partial charge in [-0.3, -0.25) is 0 Å². The van der Waals surface area contributed by atoms with Gasteiger partial charge in [-0.1, -0.05) is 39.5 Å². The maximum Gasteiger partial charge on any atom is 0.150 e. The van der Waals surface area contributed by atoms with Gasteiger partial charge in [-0.25, -0.2) is 9.67 Å². The molecule has 0 aliphatic rings. The fraction of sp³-hybridized carbons (Fsp3) is 0.769. The molecule has 0 atom stereocenters. The molecule has 0 aliphatic carbocycles. The van der Waals surface area contributed by atoms with E-state index in [0.29, 0.717) is 0 Å². The lowest BCUT2D eigenvalue weighted by molar-refractivity contribution is 0.671. The van der Waals surface area contributed by atoms with Gasteiger partial charge in [-0.15, -0.1) is 0 Å². The van der Waals surface area contributed by atoms with Crippen LogP contribution in [0.5, 0.6) is 0 Å². The fourth-order valence-electron chi connectivity index (χ4n) is 1.78. The van der Waals surface area contributed by atoms with Crippen LogP contribution in [-0.4, -0.2) is 14.8 Å². The van der Waals surface area contributed by atoms with E-state index in [1.165, 1.54) is 38.5 Å². The van der Waals surface area contributed by atoms with Gasteiger partial charge in [0.05, 0.1) is 7.05 Å². The SMILES string of the molecule is [CH2]n1nc(CCCCC)nc1CCCCC. The van der Waals surface area contributed by atoms with Crippen LogP contribution in [0.1, 0.15) is 64.0 Å². The predicted molar refractivity (Wildman–Crippen MR) is 67.2 cm³/mol. The highest BCUT2D eigenvalue weighted by Crippen LogP contribution is 2.07. The summed E-state index contributed by atoms with van der Waals surface area (Å²) in [6.45, 7) is 4.43. The van der Waals surface area contributed by atoms with Gasteiger partial charge in [-0.05, 0) is 12.8 Å². The molecular weight excluding hydrogens is 198 g/mol. The van der Waals surface area contributed by atoms with E-state index in [-0.39, 0.29) is 0 Å². The van der Waals surface area contributed by atoms with Crippen LogP contribution >= 0.6 is 0 Å². The van der Waals surface area contributed by atoms with Gasteiger partial charge in [0.15, 0.2) is 5.82 Å². The summed E-state index contributed by atoms with van der Waals surface area (Å²) in [5, 5.41) is 4.36. The molecule has 3 nitrogen and oxygen atoms in total. The first-order valence-electron chi connectivity index (χ1n) is 6.53. The molecule has 1 rings (SSSR count). The third kappa shape index (κ3) is 4.33. The summed E-state index contributed by atoms with van der Waals surface area (Å²) in [5.41, 5.74) is 0. The largest absolute Gasteiger partial charge is 0.248 e. The number of hydrogen-bond acceptors (Lipinski definition) is 2. The Bertz CT molecular complexity index is 291. The Labute approximate surface area is 99.3 Å². The second-order valence-corrected chi connectivity index (χ2v) is 4.36. The van der Waals surface area contributed by atoms with Gasteiger partial charge in [-0.2, -0.15) is 5.10 Å². The van der Waals surface area contributed by atoms with E-state index < -0.39 is 0 Å². The zero-order valence-electron chi connectivity index (χ0n) is 10.7. The van der Waals surface area contributed by atoms with Crippen LogP contribution in [0.2, 0.25) is 0 Å². The number of hydrogen-bond donors (Lipinski definition) is 0. The van der Waals surface area contributed by atoms with Crippen molar-refractivity contribution in [3.05, 3.63) is 18.7 Å². The van der Waals surface area contributed by atoms with Crippen molar-refractivity contribution in [2.45, 2.75) is 65.2 Å². The van der Waals surface area contributed by atoms with Gasteiger partial charge in [0.2, 0.25) is 0 Å². The summed E-state index contributed by atoms with van der Waals surface area (Å²) in [6, 6.07) is 0. The molecule has 1 heterocycles. The third-order valence-electron chi connectivity index (χ3n) is 2.80. The summed E-state index contributed by atoms with van der Waals surface area (Å²) in [4.78, 5) is 4.54. The molecule has 0 saturated heterocycles. The van der Waals surface area contributed by atoms with Gasteiger partial charge in [0.1, 0.15) is 5.82 Å². The minimum Gasteiger partial charge on any atom is -0.248 e.